The van der Waals surface area contributed by atoms with Gasteiger partial charge in [-0.15, -0.1) is 0 Å². The number of hydrogen-bond acceptors (Lipinski definition) is 2. The van der Waals surface area contributed by atoms with Crippen molar-refractivity contribution in [2.75, 3.05) is 0 Å². The molecule has 2 rings (SSSR count). The van der Waals surface area contributed by atoms with E-state index in [0.29, 0.717) is 12.1 Å². The Balaban J connectivity index is 2.23. The molecule has 0 saturated carbocycles. The summed E-state index contributed by atoms with van der Waals surface area (Å²) in [7, 11) is 0. The van der Waals surface area contributed by atoms with Gasteiger partial charge < -0.3 is 0 Å². The van der Waals surface area contributed by atoms with Crippen LogP contribution in [0.3, 0.4) is 0 Å². The van der Waals surface area contributed by atoms with E-state index in [1.807, 2.05) is 6.92 Å². The normalized spacial score (nSPS) is 10.7. The first-order valence-corrected chi connectivity index (χ1v) is 5.71. The number of hydrogen-bond donors (Lipinski definition) is 0. The molecule has 0 radical (unpaired) electrons. The van der Waals surface area contributed by atoms with Crippen LogP contribution in [0.4, 0.5) is 13.2 Å². The SMILES string of the molecule is CCn1cc(CC(=O)c2ccc(F)c(F)c2F)cn1. The number of carbonyl (C=O) groups is 1. The number of benzene rings is 1. The number of aromatic nitrogens is 2. The highest BCUT2D eigenvalue weighted by molar-refractivity contribution is 5.97. The van der Waals surface area contributed by atoms with Gasteiger partial charge in [0, 0.05) is 19.2 Å². The minimum absolute atomic E-state index is 0.109. The van der Waals surface area contributed by atoms with Crippen LogP contribution in [0, 0.1) is 17.5 Å². The maximum Gasteiger partial charge on any atom is 0.195 e. The highest BCUT2D eigenvalue weighted by atomic mass is 19.2. The van der Waals surface area contributed by atoms with Gasteiger partial charge in [-0.2, -0.15) is 5.10 Å². The first-order chi connectivity index (χ1) is 9.02. The van der Waals surface area contributed by atoms with Gasteiger partial charge in [0.1, 0.15) is 0 Å². The average molecular weight is 268 g/mol. The molecule has 6 heteroatoms. The molecule has 3 nitrogen and oxygen atoms in total. The van der Waals surface area contributed by atoms with Crippen molar-refractivity contribution >= 4 is 5.78 Å². The quantitative estimate of drug-likeness (QED) is 0.631. The van der Waals surface area contributed by atoms with Crippen LogP contribution in [0.15, 0.2) is 24.5 Å². The van der Waals surface area contributed by atoms with Crippen molar-refractivity contribution in [1.29, 1.82) is 0 Å². The second-order valence-electron chi connectivity index (χ2n) is 4.03. The van der Waals surface area contributed by atoms with Gasteiger partial charge in [-0.25, -0.2) is 13.2 Å². The van der Waals surface area contributed by atoms with Crippen LogP contribution in [-0.4, -0.2) is 15.6 Å². The van der Waals surface area contributed by atoms with E-state index in [1.165, 1.54) is 6.20 Å². The molecule has 0 unspecified atom stereocenters. The van der Waals surface area contributed by atoms with E-state index in [0.717, 1.165) is 12.1 Å². The molecule has 0 amide bonds. The molecular formula is C13H11F3N2O. The maximum absolute atomic E-state index is 13.4. The first-order valence-electron chi connectivity index (χ1n) is 5.71. The Bertz CT molecular complexity index is 622. The van der Waals surface area contributed by atoms with Gasteiger partial charge >= 0.3 is 0 Å². The van der Waals surface area contributed by atoms with Crippen molar-refractivity contribution in [3.63, 3.8) is 0 Å². The predicted octanol–water partition coefficient (Wildman–Crippen LogP) is 2.75. The summed E-state index contributed by atoms with van der Waals surface area (Å²) in [5.74, 6) is -5.01. The Hall–Kier alpha value is -2.11. The molecule has 1 heterocycles. The van der Waals surface area contributed by atoms with Crippen LogP contribution in [0.25, 0.3) is 0 Å². The van der Waals surface area contributed by atoms with Crippen molar-refractivity contribution in [2.24, 2.45) is 0 Å². The molecule has 0 spiro atoms. The van der Waals surface area contributed by atoms with Crippen LogP contribution in [0.1, 0.15) is 22.8 Å². The number of ketones is 1. The molecule has 1 aromatic heterocycles. The monoisotopic (exact) mass is 268 g/mol. The van der Waals surface area contributed by atoms with E-state index in [-0.39, 0.29) is 6.42 Å². The number of rotatable bonds is 4. The summed E-state index contributed by atoms with van der Waals surface area (Å²) in [6.07, 6.45) is 3.02. The molecule has 0 aliphatic rings. The molecule has 0 fully saturated rings. The third kappa shape index (κ3) is 2.67. The Morgan fingerprint density at radius 2 is 2.00 bits per heavy atom. The molecule has 0 aliphatic heterocycles. The lowest BCUT2D eigenvalue weighted by Crippen LogP contribution is -2.08. The van der Waals surface area contributed by atoms with Gasteiger partial charge in [-0.1, -0.05) is 0 Å². The lowest BCUT2D eigenvalue weighted by molar-refractivity contribution is 0.0988. The maximum atomic E-state index is 13.4. The summed E-state index contributed by atoms with van der Waals surface area (Å²) in [6, 6.07) is 1.68. The van der Waals surface area contributed by atoms with Crippen LogP contribution < -0.4 is 0 Å². The Morgan fingerprint density at radius 3 is 2.63 bits per heavy atom. The molecule has 0 aliphatic carbocycles. The zero-order valence-corrected chi connectivity index (χ0v) is 10.2. The van der Waals surface area contributed by atoms with E-state index in [4.69, 9.17) is 0 Å². The van der Waals surface area contributed by atoms with Gasteiger partial charge in [-0.05, 0) is 24.6 Å². The zero-order valence-electron chi connectivity index (χ0n) is 10.2. The molecule has 0 bridgehead atoms. The van der Waals surface area contributed by atoms with E-state index in [9.17, 15) is 18.0 Å². The molecule has 0 atom stereocenters. The van der Waals surface area contributed by atoms with Gasteiger partial charge in [0.2, 0.25) is 0 Å². The number of nitrogens with zero attached hydrogens (tertiary/aromatic N) is 2. The predicted molar refractivity (Wildman–Crippen MR) is 62.3 cm³/mol. The summed E-state index contributed by atoms with van der Waals surface area (Å²) in [5.41, 5.74) is 0.138. The minimum Gasteiger partial charge on any atom is -0.294 e. The molecule has 2 aromatic rings. The standard InChI is InChI=1S/C13H11F3N2O/c1-2-18-7-8(6-17-18)5-11(19)9-3-4-10(14)13(16)12(9)15/h3-4,6-7H,2,5H2,1H3. The average Bonchev–Trinajstić information content (AvgIpc) is 2.83. The summed E-state index contributed by atoms with van der Waals surface area (Å²) in [4.78, 5) is 11.8. The highest BCUT2D eigenvalue weighted by Gasteiger charge is 2.19. The zero-order chi connectivity index (χ0) is 14.0. The van der Waals surface area contributed by atoms with Crippen molar-refractivity contribution in [2.45, 2.75) is 19.9 Å². The van der Waals surface area contributed by atoms with Crippen LogP contribution in [-0.2, 0) is 13.0 Å². The van der Waals surface area contributed by atoms with Crippen molar-refractivity contribution in [3.8, 4) is 0 Å². The van der Waals surface area contributed by atoms with Crippen LogP contribution in [0.5, 0.6) is 0 Å². The van der Waals surface area contributed by atoms with Crippen LogP contribution in [0.2, 0.25) is 0 Å². The number of halogens is 3. The fraction of sp³-hybridized carbons (Fsp3) is 0.231. The lowest BCUT2D eigenvalue weighted by Gasteiger charge is -2.03. The van der Waals surface area contributed by atoms with Crippen molar-refractivity contribution in [1.82, 2.24) is 9.78 Å². The lowest BCUT2D eigenvalue weighted by atomic mass is 10.0. The van der Waals surface area contributed by atoms with Gasteiger partial charge in [0.05, 0.1) is 11.8 Å². The smallest absolute Gasteiger partial charge is 0.195 e. The topological polar surface area (TPSA) is 34.9 Å². The molecule has 1 aromatic carbocycles. The third-order valence-electron chi connectivity index (χ3n) is 2.71. The molecule has 19 heavy (non-hydrogen) atoms. The summed E-state index contributed by atoms with van der Waals surface area (Å²) < 4.78 is 40.8. The Kier molecular flexibility index (Phi) is 3.69. The van der Waals surface area contributed by atoms with Crippen LogP contribution >= 0.6 is 0 Å². The van der Waals surface area contributed by atoms with Gasteiger partial charge in [0.15, 0.2) is 23.2 Å². The van der Waals surface area contributed by atoms with Crippen molar-refractivity contribution in [3.05, 3.63) is 53.1 Å². The first kappa shape index (κ1) is 13.3. The Morgan fingerprint density at radius 1 is 1.26 bits per heavy atom. The number of aryl methyl sites for hydroxylation is 1. The van der Waals surface area contributed by atoms with E-state index in [2.05, 4.69) is 5.10 Å². The molecule has 0 saturated heterocycles. The van der Waals surface area contributed by atoms with Gasteiger partial charge in [0.25, 0.3) is 0 Å². The van der Waals surface area contributed by atoms with E-state index < -0.39 is 28.8 Å². The van der Waals surface area contributed by atoms with Gasteiger partial charge in [-0.3, -0.25) is 9.48 Å². The Labute approximate surface area is 107 Å². The fourth-order valence-electron chi connectivity index (χ4n) is 1.69. The number of Topliss-reactive ketones (excluding diaryl/α,β-unsaturated/α-hetero) is 1. The van der Waals surface area contributed by atoms with E-state index >= 15 is 0 Å². The van der Waals surface area contributed by atoms with E-state index in [1.54, 1.807) is 10.9 Å². The largest absolute Gasteiger partial charge is 0.294 e. The number of carbonyl (C=O) groups excluding carboxylic acids is 1. The summed E-state index contributed by atoms with van der Waals surface area (Å²) >= 11 is 0. The second kappa shape index (κ2) is 5.26. The second-order valence-corrected chi connectivity index (χ2v) is 4.03. The third-order valence-corrected chi connectivity index (χ3v) is 2.71. The molecular weight excluding hydrogens is 257 g/mol. The van der Waals surface area contributed by atoms with Crippen molar-refractivity contribution < 1.29 is 18.0 Å². The highest BCUT2D eigenvalue weighted by Crippen LogP contribution is 2.17. The molecule has 0 N–H and O–H groups in total. The fourth-order valence-corrected chi connectivity index (χ4v) is 1.69. The molecule has 100 valence electrons. The summed E-state index contributed by atoms with van der Waals surface area (Å²) in [6.45, 7) is 2.53. The summed E-state index contributed by atoms with van der Waals surface area (Å²) in [5, 5.41) is 3.97. The minimum atomic E-state index is -1.63.